The standard InChI is InChI=1S/C31H54O2/c1-22(2)14-10-9-11-15-23(3)16-12-17-24(4)18-13-20-31(8)21-19-28-27(7)29(32)25(5)26(6)30(28)33-31/h22-24,32H,9-21H2,1-8H3/t23-,24-,31-/m1/s1. The lowest BCUT2D eigenvalue weighted by atomic mass is 9.84. The molecule has 2 nitrogen and oxygen atoms in total. The smallest absolute Gasteiger partial charge is 0.127 e. The van der Waals surface area contributed by atoms with Crippen LogP contribution < -0.4 is 4.74 Å². The monoisotopic (exact) mass is 458 g/mol. The van der Waals surface area contributed by atoms with E-state index in [0.717, 1.165) is 59.5 Å². The largest absolute Gasteiger partial charge is 0.507 e. The molecule has 2 rings (SSSR count). The highest BCUT2D eigenvalue weighted by molar-refractivity contribution is 5.58. The second-order valence-electron chi connectivity index (χ2n) is 12.1. The maximum atomic E-state index is 10.4. The molecule has 1 aromatic carbocycles. The average molecular weight is 459 g/mol. The first-order chi connectivity index (χ1) is 15.5. The Hall–Kier alpha value is -1.18. The van der Waals surface area contributed by atoms with E-state index in [4.69, 9.17) is 4.74 Å². The summed E-state index contributed by atoms with van der Waals surface area (Å²) >= 11 is 0. The highest BCUT2D eigenvalue weighted by Crippen LogP contribution is 2.44. The van der Waals surface area contributed by atoms with Crippen LogP contribution in [0.2, 0.25) is 0 Å². The summed E-state index contributed by atoms with van der Waals surface area (Å²) in [4.78, 5) is 0. The zero-order valence-electron chi connectivity index (χ0n) is 23.3. The van der Waals surface area contributed by atoms with Crippen LogP contribution in [0.4, 0.5) is 0 Å². The molecule has 3 atom stereocenters. The second-order valence-corrected chi connectivity index (χ2v) is 12.1. The molecule has 2 heteroatoms. The van der Waals surface area contributed by atoms with Crippen LogP contribution in [0.15, 0.2) is 0 Å². The van der Waals surface area contributed by atoms with E-state index < -0.39 is 0 Å². The van der Waals surface area contributed by atoms with Crippen molar-refractivity contribution in [3.05, 3.63) is 22.3 Å². The molecule has 1 heterocycles. The maximum absolute atomic E-state index is 10.4. The molecule has 0 aromatic heterocycles. The first-order valence-corrected chi connectivity index (χ1v) is 14.0. The predicted octanol–water partition coefficient (Wildman–Crippen LogP) is 9.62. The Labute approximate surface area is 205 Å². The minimum atomic E-state index is -0.0720. The summed E-state index contributed by atoms with van der Waals surface area (Å²) in [7, 11) is 0. The first kappa shape index (κ1) is 28.1. The number of rotatable bonds is 14. The summed E-state index contributed by atoms with van der Waals surface area (Å²) in [5.41, 5.74) is 4.23. The van der Waals surface area contributed by atoms with Crippen LogP contribution in [-0.4, -0.2) is 10.7 Å². The quantitative estimate of drug-likeness (QED) is 0.281. The first-order valence-electron chi connectivity index (χ1n) is 14.0. The van der Waals surface area contributed by atoms with Crippen molar-refractivity contribution in [1.82, 2.24) is 0 Å². The molecule has 0 aliphatic carbocycles. The van der Waals surface area contributed by atoms with Crippen LogP contribution in [-0.2, 0) is 6.42 Å². The minimum absolute atomic E-state index is 0.0720. The molecule has 0 radical (unpaired) electrons. The van der Waals surface area contributed by atoms with E-state index in [1.807, 2.05) is 13.8 Å². The van der Waals surface area contributed by atoms with E-state index >= 15 is 0 Å². The number of benzene rings is 1. The van der Waals surface area contributed by atoms with Gasteiger partial charge in [-0.25, -0.2) is 0 Å². The Kier molecular flexibility index (Phi) is 11.1. The van der Waals surface area contributed by atoms with Crippen molar-refractivity contribution in [3.63, 3.8) is 0 Å². The van der Waals surface area contributed by atoms with Crippen LogP contribution in [0.25, 0.3) is 0 Å². The van der Waals surface area contributed by atoms with Crippen molar-refractivity contribution in [2.75, 3.05) is 0 Å². The Morgan fingerprint density at radius 2 is 1.33 bits per heavy atom. The van der Waals surface area contributed by atoms with Gasteiger partial charge in [-0.15, -0.1) is 0 Å². The molecular formula is C31H54O2. The van der Waals surface area contributed by atoms with Gasteiger partial charge in [0.05, 0.1) is 0 Å². The van der Waals surface area contributed by atoms with E-state index in [1.165, 1.54) is 69.8 Å². The third kappa shape index (κ3) is 8.52. The predicted molar refractivity (Wildman–Crippen MR) is 144 cm³/mol. The Morgan fingerprint density at radius 3 is 1.97 bits per heavy atom. The number of hydrogen-bond donors (Lipinski definition) is 1. The number of hydrogen-bond acceptors (Lipinski definition) is 2. The summed E-state index contributed by atoms with van der Waals surface area (Å²) in [6.45, 7) is 18.0. The van der Waals surface area contributed by atoms with Gasteiger partial charge in [-0.2, -0.15) is 0 Å². The fourth-order valence-electron chi connectivity index (χ4n) is 5.62. The molecule has 0 amide bonds. The summed E-state index contributed by atoms with van der Waals surface area (Å²) in [5, 5.41) is 10.4. The molecule has 0 saturated carbocycles. The fraction of sp³-hybridized carbons (Fsp3) is 0.806. The molecule has 190 valence electrons. The Morgan fingerprint density at radius 1 is 0.758 bits per heavy atom. The van der Waals surface area contributed by atoms with E-state index in [9.17, 15) is 5.11 Å². The van der Waals surface area contributed by atoms with Crippen molar-refractivity contribution >= 4 is 0 Å². The maximum Gasteiger partial charge on any atom is 0.127 e. The van der Waals surface area contributed by atoms with Gasteiger partial charge < -0.3 is 9.84 Å². The van der Waals surface area contributed by atoms with Crippen LogP contribution in [0.1, 0.15) is 134 Å². The summed E-state index contributed by atoms with van der Waals surface area (Å²) in [5.74, 6) is 4.06. The average Bonchev–Trinajstić information content (AvgIpc) is 2.75. The highest BCUT2D eigenvalue weighted by Gasteiger charge is 2.34. The van der Waals surface area contributed by atoms with Gasteiger partial charge >= 0.3 is 0 Å². The zero-order chi connectivity index (χ0) is 24.6. The number of phenols is 1. The van der Waals surface area contributed by atoms with Gasteiger partial charge in [-0.3, -0.25) is 0 Å². The van der Waals surface area contributed by atoms with Crippen molar-refractivity contribution in [1.29, 1.82) is 0 Å². The summed E-state index contributed by atoms with van der Waals surface area (Å²) in [6.07, 6.45) is 17.0. The zero-order valence-corrected chi connectivity index (χ0v) is 23.3. The van der Waals surface area contributed by atoms with Gasteiger partial charge in [-0.1, -0.05) is 85.5 Å². The topological polar surface area (TPSA) is 29.5 Å². The molecule has 1 aliphatic rings. The molecule has 1 aliphatic heterocycles. The van der Waals surface area contributed by atoms with Crippen LogP contribution in [0.3, 0.4) is 0 Å². The fourth-order valence-corrected chi connectivity index (χ4v) is 5.62. The lowest BCUT2D eigenvalue weighted by molar-refractivity contribution is 0.0512. The summed E-state index contributed by atoms with van der Waals surface area (Å²) in [6, 6.07) is 0. The van der Waals surface area contributed by atoms with Gasteiger partial charge in [-0.05, 0) is 87.8 Å². The van der Waals surface area contributed by atoms with Gasteiger partial charge in [0.15, 0.2) is 0 Å². The van der Waals surface area contributed by atoms with E-state index in [1.54, 1.807) is 0 Å². The number of aromatic hydroxyl groups is 1. The van der Waals surface area contributed by atoms with E-state index in [-0.39, 0.29) is 5.60 Å². The van der Waals surface area contributed by atoms with Crippen molar-refractivity contribution in [2.24, 2.45) is 17.8 Å². The molecule has 0 spiro atoms. The van der Waals surface area contributed by atoms with Gasteiger partial charge in [0.2, 0.25) is 0 Å². The SMILES string of the molecule is Cc1c(C)c2c(c(C)c1O)CC[C@@](C)(CCC[C@H](C)CCC[C@H](C)CCCCCC(C)C)O2. The highest BCUT2D eigenvalue weighted by atomic mass is 16.5. The normalized spacial score (nSPS) is 19.9. The number of fused-ring (bicyclic) bond motifs is 1. The molecule has 1 aromatic rings. The van der Waals surface area contributed by atoms with E-state index in [2.05, 4.69) is 41.5 Å². The molecule has 0 saturated heterocycles. The Bertz CT molecular complexity index is 735. The molecule has 33 heavy (non-hydrogen) atoms. The second kappa shape index (κ2) is 13.1. The van der Waals surface area contributed by atoms with Crippen LogP contribution in [0, 0.1) is 38.5 Å². The third-order valence-electron chi connectivity index (χ3n) is 8.37. The number of ether oxygens (including phenoxy) is 1. The van der Waals surface area contributed by atoms with Crippen LogP contribution in [0.5, 0.6) is 11.5 Å². The van der Waals surface area contributed by atoms with Crippen LogP contribution >= 0.6 is 0 Å². The molecule has 0 fully saturated rings. The molecule has 0 unspecified atom stereocenters. The lowest BCUT2D eigenvalue weighted by Gasteiger charge is -2.38. The molecule has 0 bridgehead atoms. The van der Waals surface area contributed by atoms with E-state index in [0.29, 0.717) is 5.75 Å². The molecular weight excluding hydrogens is 404 g/mol. The minimum Gasteiger partial charge on any atom is -0.507 e. The van der Waals surface area contributed by atoms with Gasteiger partial charge in [0.25, 0.3) is 0 Å². The number of unbranched alkanes of at least 4 members (excludes halogenated alkanes) is 2. The van der Waals surface area contributed by atoms with Gasteiger partial charge in [0.1, 0.15) is 17.1 Å². The number of phenolic OH excluding ortho intramolecular Hbond substituents is 1. The summed E-state index contributed by atoms with van der Waals surface area (Å²) < 4.78 is 6.62. The van der Waals surface area contributed by atoms with Crippen molar-refractivity contribution in [2.45, 2.75) is 144 Å². The van der Waals surface area contributed by atoms with Crippen molar-refractivity contribution in [3.8, 4) is 11.5 Å². The van der Waals surface area contributed by atoms with Gasteiger partial charge in [0, 0.05) is 5.56 Å². The third-order valence-corrected chi connectivity index (χ3v) is 8.37. The Balaban J connectivity index is 1.67. The van der Waals surface area contributed by atoms with Crippen molar-refractivity contribution < 1.29 is 9.84 Å². The lowest BCUT2D eigenvalue weighted by Crippen LogP contribution is -2.37. The molecule has 1 N–H and O–H groups in total.